The second-order valence-corrected chi connectivity index (χ2v) is 7.54. The van der Waals surface area contributed by atoms with Crippen molar-refractivity contribution in [1.29, 1.82) is 0 Å². The van der Waals surface area contributed by atoms with E-state index in [9.17, 15) is 0 Å². The lowest BCUT2D eigenvalue weighted by molar-refractivity contribution is 0.436. The van der Waals surface area contributed by atoms with Gasteiger partial charge in [-0.05, 0) is 48.1 Å². The van der Waals surface area contributed by atoms with Gasteiger partial charge in [0.1, 0.15) is 5.82 Å². The quantitative estimate of drug-likeness (QED) is 0.606. The molecule has 1 aromatic heterocycles. The van der Waals surface area contributed by atoms with Crippen LogP contribution in [-0.2, 0) is 13.1 Å². The number of nitrogens with zero attached hydrogens (tertiary/aromatic N) is 3. The molecule has 0 bridgehead atoms. The van der Waals surface area contributed by atoms with Gasteiger partial charge in [0.05, 0.1) is 0 Å². The van der Waals surface area contributed by atoms with Crippen LogP contribution in [0.1, 0.15) is 30.9 Å². The van der Waals surface area contributed by atoms with Gasteiger partial charge in [-0.3, -0.25) is 4.99 Å². The molecular weight excluding hydrogens is 358 g/mol. The third kappa shape index (κ3) is 5.86. The molecule has 0 saturated carbocycles. The van der Waals surface area contributed by atoms with Crippen LogP contribution in [0.5, 0.6) is 0 Å². The fourth-order valence-electron chi connectivity index (χ4n) is 3.14. The number of anilines is 1. The van der Waals surface area contributed by atoms with E-state index in [1.807, 2.05) is 30.5 Å². The molecule has 0 amide bonds. The van der Waals surface area contributed by atoms with Crippen LogP contribution in [-0.4, -0.2) is 31.1 Å². The Morgan fingerprint density at radius 2 is 1.70 bits per heavy atom. The first-order chi connectivity index (χ1) is 13.1. The largest absolute Gasteiger partial charge is 0.357 e. The van der Waals surface area contributed by atoms with Gasteiger partial charge in [0, 0.05) is 44.4 Å². The van der Waals surface area contributed by atoms with E-state index in [1.54, 1.807) is 7.05 Å². The number of piperidine rings is 1. The molecule has 2 heterocycles. The summed E-state index contributed by atoms with van der Waals surface area (Å²) < 4.78 is 0. The third-order valence-electron chi connectivity index (χ3n) is 4.97. The highest BCUT2D eigenvalue weighted by atomic mass is 35.5. The molecule has 0 atom stereocenters. The highest BCUT2D eigenvalue weighted by Gasteiger charge is 2.16. The van der Waals surface area contributed by atoms with Gasteiger partial charge in [-0.2, -0.15) is 0 Å². The Labute approximate surface area is 166 Å². The Balaban J connectivity index is 1.47. The van der Waals surface area contributed by atoms with E-state index in [2.05, 4.69) is 44.6 Å². The molecule has 1 aliphatic rings. The van der Waals surface area contributed by atoms with E-state index >= 15 is 0 Å². The summed E-state index contributed by atoms with van der Waals surface area (Å²) in [6.45, 7) is 5.92. The molecule has 2 N–H and O–H groups in total. The van der Waals surface area contributed by atoms with E-state index in [-0.39, 0.29) is 0 Å². The molecule has 0 unspecified atom stereocenters. The molecule has 0 radical (unpaired) electrons. The highest BCUT2D eigenvalue weighted by Crippen LogP contribution is 2.21. The molecule has 3 rings (SSSR count). The van der Waals surface area contributed by atoms with E-state index in [0.29, 0.717) is 13.1 Å². The first-order valence-electron chi connectivity index (χ1n) is 9.53. The summed E-state index contributed by atoms with van der Waals surface area (Å²) in [6.07, 6.45) is 4.45. The molecule has 27 heavy (non-hydrogen) atoms. The molecule has 1 aliphatic heterocycles. The number of hydrogen-bond donors (Lipinski definition) is 2. The zero-order valence-corrected chi connectivity index (χ0v) is 16.8. The van der Waals surface area contributed by atoms with Gasteiger partial charge in [-0.15, -0.1) is 0 Å². The lowest BCUT2D eigenvalue weighted by Gasteiger charge is -2.31. The van der Waals surface area contributed by atoms with Gasteiger partial charge < -0.3 is 15.5 Å². The molecule has 1 aromatic carbocycles. The Kier molecular flexibility index (Phi) is 6.93. The number of hydrogen-bond acceptors (Lipinski definition) is 3. The zero-order valence-electron chi connectivity index (χ0n) is 16.1. The smallest absolute Gasteiger partial charge is 0.191 e. The average molecular weight is 386 g/mol. The molecule has 5 nitrogen and oxygen atoms in total. The van der Waals surface area contributed by atoms with E-state index in [1.165, 1.54) is 12.8 Å². The van der Waals surface area contributed by atoms with Crippen molar-refractivity contribution in [3.8, 4) is 0 Å². The maximum absolute atomic E-state index is 5.92. The zero-order chi connectivity index (χ0) is 19.1. The Bertz CT molecular complexity index is 734. The predicted octanol–water partition coefficient (Wildman–Crippen LogP) is 3.84. The van der Waals surface area contributed by atoms with Crippen LogP contribution >= 0.6 is 11.6 Å². The van der Waals surface area contributed by atoms with Crippen LogP contribution in [0.3, 0.4) is 0 Å². The third-order valence-corrected chi connectivity index (χ3v) is 5.23. The van der Waals surface area contributed by atoms with Crippen LogP contribution in [0.25, 0.3) is 0 Å². The summed E-state index contributed by atoms with van der Waals surface area (Å²) in [4.78, 5) is 11.3. The number of rotatable bonds is 5. The Hall–Kier alpha value is -2.27. The van der Waals surface area contributed by atoms with Gasteiger partial charge in [-0.25, -0.2) is 4.98 Å². The molecule has 144 valence electrons. The van der Waals surface area contributed by atoms with Crippen molar-refractivity contribution >= 4 is 23.4 Å². The topological polar surface area (TPSA) is 52.6 Å². The van der Waals surface area contributed by atoms with Gasteiger partial charge >= 0.3 is 0 Å². The Morgan fingerprint density at radius 3 is 2.30 bits per heavy atom. The minimum absolute atomic E-state index is 0.685. The molecule has 0 aliphatic carbocycles. The molecule has 1 saturated heterocycles. The van der Waals surface area contributed by atoms with Crippen LogP contribution in [0, 0.1) is 5.92 Å². The normalized spacial score (nSPS) is 15.7. The standard InChI is InChI=1S/C21H28ClN5/c1-16-9-11-27(12-10-16)20-8-5-18(14-24-20)15-26-21(23-2)25-13-17-3-6-19(22)7-4-17/h3-8,14,16H,9-13,15H2,1-2H3,(H2,23,25,26). The molecule has 2 aromatic rings. The maximum atomic E-state index is 5.92. The van der Waals surface area contributed by atoms with Crippen LogP contribution in [0.4, 0.5) is 5.82 Å². The summed E-state index contributed by atoms with van der Waals surface area (Å²) in [5.41, 5.74) is 2.29. The van der Waals surface area contributed by atoms with E-state index in [4.69, 9.17) is 11.6 Å². The average Bonchev–Trinajstić information content (AvgIpc) is 2.70. The van der Waals surface area contributed by atoms with Crippen LogP contribution in [0.15, 0.2) is 47.6 Å². The minimum atomic E-state index is 0.685. The number of benzene rings is 1. The van der Waals surface area contributed by atoms with E-state index < -0.39 is 0 Å². The van der Waals surface area contributed by atoms with Crippen LogP contribution in [0.2, 0.25) is 5.02 Å². The highest BCUT2D eigenvalue weighted by molar-refractivity contribution is 6.30. The number of pyridine rings is 1. The van der Waals surface area contributed by atoms with Crippen molar-refractivity contribution in [3.05, 3.63) is 58.7 Å². The fourth-order valence-corrected chi connectivity index (χ4v) is 3.27. The SMILES string of the molecule is CN=C(NCc1ccc(Cl)cc1)NCc1ccc(N2CCC(C)CC2)nc1. The Morgan fingerprint density at radius 1 is 1.07 bits per heavy atom. The summed E-state index contributed by atoms with van der Waals surface area (Å²) in [5.74, 6) is 2.67. The van der Waals surface area contributed by atoms with Crippen molar-refractivity contribution in [1.82, 2.24) is 15.6 Å². The minimum Gasteiger partial charge on any atom is -0.357 e. The van der Waals surface area contributed by atoms with Crippen molar-refractivity contribution in [2.75, 3.05) is 25.0 Å². The first-order valence-corrected chi connectivity index (χ1v) is 9.90. The van der Waals surface area contributed by atoms with Gasteiger partial charge in [0.2, 0.25) is 0 Å². The van der Waals surface area contributed by atoms with E-state index in [0.717, 1.165) is 46.9 Å². The van der Waals surface area contributed by atoms with Crippen molar-refractivity contribution in [3.63, 3.8) is 0 Å². The molecular formula is C21H28ClN5. The summed E-state index contributed by atoms with van der Waals surface area (Å²) in [5, 5.41) is 7.39. The number of nitrogens with one attached hydrogen (secondary N) is 2. The molecule has 1 fully saturated rings. The number of guanidine groups is 1. The number of halogens is 1. The number of aliphatic imine (C=N–C) groups is 1. The van der Waals surface area contributed by atoms with Crippen molar-refractivity contribution < 1.29 is 0 Å². The lowest BCUT2D eigenvalue weighted by Crippen LogP contribution is -2.36. The second-order valence-electron chi connectivity index (χ2n) is 7.10. The predicted molar refractivity (Wildman–Crippen MR) is 113 cm³/mol. The summed E-state index contributed by atoms with van der Waals surface area (Å²) in [7, 11) is 1.77. The monoisotopic (exact) mass is 385 g/mol. The number of aromatic nitrogens is 1. The van der Waals surface area contributed by atoms with Gasteiger partial charge in [0.25, 0.3) is 0 Å². The van der Waals surface area contributed by atoms with Crippen molar-refractivity contribution in [2.24, 2.45) is 10.9 Å². The molecule has 0 spiro atoms. The second kappa shape index (κ2) is 9.60. The molecule has 6 heteroatoms. The fraction of sp³-hybridized carbons (Fsp3) is 0.429. The summed E-state index contributed by atoms with van der Waals surface area (Å²) >= 11 is 5.92. The van der Waals surface area contributed by atoms with Crippen molar-refractivity contribution in [2.45, 2.75) is 32.9 Å². The summed E-state index contributed by atoms with van der Waals surface area (Å²) in [6, 6.07) is 12.1. The maximum Gasteiger partial charge on any atom is 0.191 e. The van der Waals surface area contributed by atoms with Gasteiger partial charge in [-0.1, -0.05) is 36.7 Å². The lowest BCUT2D eigenvalue weighted by atomic mass is 9.99. The van der Waals surface area contributed by atoms with Gasteiger partial charge in [0.15, 0.2) is 5.96 Å². The first kappa shape index (κ1) is 19.5. The van der Waals surface area contributed by atoms with Crippen LogP contribution < -0.4 is 15.5 Å².